The molecule has 1 saturated heterocycles. The molecule has 3 atom stereocenters. The van der Waals surface area contributed by atoms with E-state index in [0.717, 1.165) is 0 Å². The number of aromatic nitrogens is 2. The third-order valence-corrected chi connectivity index (χ3v) is 4.95. The van der Waals surface area contributed by atoms with Crippen LogP contribution in [0.5, 0.6) is 0 Å². The van der Waals surface area contributed by atoms with Gasteiger partial charge in [-0.15, -0.1) is 11.8 Å². The number of aliphatic hydroxyl groups excluding tert-OH is 1. The van der Waals surface area contributed by atoms with Gasteiger partial charge in [0.05, 0.1) is 17.2 Å². The van der Waals surface area contributed by atoms with E-state index in [1.54, 1.807) is 6.20 Å². The van der Waals surface area contributed by atoms with Crippen molar-refractivity contribution in [1.82, 2.24) is 9.55 Å². The Hall–Kier alpha value is -1.54. The molecule has 21 heavy (non-hydrogen) atoms. The number of ether oxygens (including phenoxy) is 1. The molecule has 1 aliphatic heterocycles. The van der Waals surface area contributed by atoms with Gasteiger partial charge in [0, 0.05) is 25.1 Å². The lowest BCUT2D eigenvalue weighted by Crippen LogP contribution is -2.33. The maximum atomic E-state index is 11.9. The summed E-state index contributed by atoms with van der Waals surface area (Å²) in [6, 6.07) is 0. The SMILES string of the molecule is CCc1cn([C@H]2C[C@H](OC(C)=O)[C@@H](CO)S2)c(=O)[nH]c1=O. The summed E-state index contributed by atoms with van der Waals surface area (Å²) in [5.41, 5.74) is -0.349. The van der Waals surface area contributed by atoms with E-state index in [1.165, 1.54) is 23.3 Å². The second-order valence-electron chi connectivity index (χ2n) is 4.87. The van der Waals surface area contributed by atoms with Gasteiger partial charge >= 0.3 is 11.7 Å². The van der Waals surface area contributed by atoms with Crippen LogP contribution in [0, 0.1) is 0 Å². The minimum Gasteiger partial charge on any atom is -0.461 e. The lowest BCUT2D eigenvalue weighted by atomic mass is 10.2. The second-order valence-corrected chi connectivity index (χ2v) is 6.29. The predicted octanol–water partition coefficient (Wildman–Crippen LogP) is 0.0271. The third kappa shape index (κ3) is 3.38. The Morgan fingerprint density at radius 2 is 2.29 bits per heavy atom. The summed E-state index contributed by atoms with van der Waals surface area (Å²) in [6.45, 7) is 3.00. The number of nitrogens with zero attached hydrogens (tertiary/aromatic N) is 1. The highest BCUT2D eigenvalue weighted by molar-refractivity contribution is 8.00. The number of carbonyl (C=O) groups excluding carboxylic acids is 1. The molecule has 1 aromatic rings. The normalized spacial score (nSPS) is 25.0. The predicted molar refractivity (Wildman–Crippen MR) is 78.4 cm³/mol. The average Bonchev–Trinajstić information content (AvgIpc) is 2.81. The molecular weight excluding hydrogens is 296 g/mol. The molecule has 2 rings (SSSR count). The van der Waals surface area contributed by atoms with Gasteiger partial charge in [0.1, 0.15) is 6.10 Å². The number of aromatic amines is 1. The van der Waals surface area contributed by atoms with Crippen molar-refractivity contribution in [2.75, 3.05) is 6.61 Å². The first-order valence-electron chi connectivity index (χ1n) is 6.74. The van der Waals surface area contributed by atoms with E-state index in [0.29, 0.717) is 18.4 Å². The van der Waals surface area contributed by atoms with Crippen LogP contribution in [-0.4, -0.2) is 38.6 Å². The van der Waals surface area contributed by atoms with Crippen LogP contribution in [0.15, 0.2) is 15.8 Å². The molecule has 1 fully saturated rings. The zero-order valence-electron chi connectivity index (χ0n) is 11.9. The minimum absolute atomic E-state index is 0.141. The fraction of sp³-hybridized carbons (Fsp3) is 0.615. The van der Waals surface area contributed by atoms with Crippen LogP contribution in [0.3, 0.4) is 0 Å². The summed E-state index contributed by atoms with van der Waals surface area (Å²) in [7, 11) is 0. The molecule has 0 spiro atoms. The number of aryl methyl sites for hydroxylation is 1. The Labute approximate surface area is 125 Å². The molecule has 0 bridgehead atoms. The molecule has 0 saturated carbocycles. The molecule has 2 heterocycles. The van der Waals surface area contributed by atoms with Gasteiger partial charge < -0.3 is 9.84 Å². The molecule has 1 aromatic heterocycles. The Balaban J connectivity index is 2.29. The third-order valence-electron chi connectivity index (χ3n) is 3.41. The van der Waals surface area contributed by atoms with Crippen molar-refractivity contribution in [2.24, 2.45) is 0 Å². The number of H-pyrrole nitrogens is 1. The number of carbonyl (C=O) groups is 1. The molecule has 0 aliphatic carbocycles. The average molecular weight is 314 g/mol. The molecule has 1 aliphatic rings. The van der Waals surface area contributed by atoms with Crippen LogP contribution in [0.1, 0.15) is 31.2 Å². The van der Waals surface area contributed by atoms with Crippen molar-refractivity contribution in [3.8, 4) is 0 Å². The highest BCUT2D eigenvalue weighted by Crippen LogP contribution is 2.42. The highest BCUT2D eigenvalue weighted by atomic mass is 32.2. The van der Waals surface area contributed by atoms with E-state index >= 15 is 0 Å². The van der Waals surface area contributed by atoms with Crippen molar-refractivity contribution in [3.05, 3.63) is 32.6 Å². The fourth-order valence-corrected chi connectivity index (χ4v) is 3.79. The Morgan fingerprint density at radius 3 is 2.86 bits per heavy atom. The number of aliphatic hydroxyl groups is 1. The fourth-order valence-electron chi connectivity index (χ4n) is 2.37. The summed E-state index contributed by atoms with van der Waals surface area (Å²) in [6.07, 6.45) is 2.05. The van der Waals surface area contributed by atoms with Crippen molar-refractivity contribution in [1.29, 1.82) is 0 Å². The second kappa shape index (κ2) is 6.48. The standard InChI is InChI=1S/C13H18N2O5S/c1-3-8-5-15(13(19)14-12(8)18)11-4-9(20-7(2)17)10(6-16)21-11/h5,9-11,16H,3-4,6H2,1-2H3,(H,14,18,19)/t9-,10+,11+/m0/s1. The first kappa shape index (κ1) is 15.8. The van der Waals surface area contributed by atoms with Gasteiger partial charge in [-0.3, -0.25) is 19.1 Å². The molecule has 8 heteroatoms. The van der Waals surface area contributed by atoms with Gasteiger partial charge in [0.2, 0.25) is 0 Å². The maximum Gasteiger partial charge on any atom is 0.329 e. The summed E-state index contributed by atoms with van der Waals surface area (Å²) >= 11 is 1.37. The first-order valence-corrected chi connectivity index (χ1v) is 7.68. The Bertz CT molecular complexity index is 638. The molecular formula is C13H18N2O5S. The summed E-state index contributed by atoms with van der Waals surface area (Å²) in [4.78, 5) is 36.9. The maximum absolute atomic E-state index is 11.9. The first-order chi connectivity index (χ1) is 9.96. The topological polar surface area (TPSA) is 101 Å². The van der Waals surface area contributed by atoms with Gasteiger partial charge in [0.25, 0.3) is 5.56 Å². The smallest absolute Gasteiger partial charge is 0.329 e. The molecule has 0 unspecified atom stereocenters. The lowest BCUT2D eigenvalue weighted by Gasteiger charge is -2.15. The summed E-state index contributed by atoms with van der Waals surface area (Å²) < 4.78 is 6.62. The molecule has 0 amide bonds. The van der Waals surface area contributed by atoms with Crippen LogP contribution >= 0.6 is 11.8 Å². The number of hydrogen-bond donors (Lipinski definition) is 2. The van der Waals surface area contributed by atoms with Gasteiger partial charge in [-0.2, -0.15) is 0 Å². The zero-order valence-corrected chi connectivity index (χ0v) is 12.7. The van der Waals surface area contributed by atoms with E-state index in [2.05, 4.69) is 4.98 Å². The van der Waals surface area contributed by atoms with Crippen LogP contribution in [0.25, 0.3) is 0 Å². The molecule has 2 N–H and O–H groups in total. The molecule has 0 radical (unpaired) electrons. The highest BCUT2D eigenvalue weighted by Gasteiger charge is 2.38. The summed E-state index contributed by atoms with van der Waals surface area (Å²) in [5.74, 6) is -0.414. The van der Waals surface area contributed by atoms with Crippen molar-refractivity contribution < 1.29 is 14.6 Å². The van der Waals surface area contributed by atoms with Crippen molar-refractivity contribution >= 4 is 17.7 Å². The zero-order chi connectivity index (χ0) is 15.6. The largest absolute Gasteiger partial charge is 0.461 e. The Morgan fingerprint density at radius 1 is 1.57 bits per heavy atom. The number of hydrogen-bond acceptors (Lipinski definition) is 6. The van der Waals surface area contributed by atoms with E-state index in [1.807, 2.05) is 6.92 Å². The molecule has 116 valence electrons. The van der Waals surface area contributed by atoms with E-state index < -0.39 is 17.8 Å². The van der Waals surface area contributed by atoms with Crippen LogP contribution < -0.4 is 11.2 Å². The van der Waals surface area contributed by atoms with Gasteiger partial charge in [-0.1, -0.05) is 6.92 Å². The quantitative estimate of drug-likeness (QED) is 0.760. The van der Waals surface area contributed by atoms with Crippen molar-refractivity contribution in [3.63, 3.8) is 0 Å². The van der Waals surface area contributed by atoms with E-state index in [9.17, 15) is 19.5 Å². The van der Waals surface area contributed by atoms with Gasteiger partial charge in [-0.05, 0) is 6.42 Å². The number of thioether (sulfide) groups is 1. The monoisotopic (exact) mass is 314 g/mol. The van der Waals surface area contributed by atoms with Crippen LogP contribution in [0.2, 0.25) is 0 Å². The molecule has 0 aromatic carbocycles. The van der Waals surface area contributed by atoms with Crippen LogP contribution in [-0.2, 0) is 16.0 Å². The lowest BCUT2D eigenvalue weighted by molar-refractivity contribution is -0.146. The number of nitrogens with one attached hydrogen (secondary N) is 1. The van der Waals surface area contributed by atoms with Gasteiger partial charge in [0.15, 0.2) is 0 Å². The molecule has 7 nitrogen and oxygen atoms in total. The Kier molecular flexibility index (Phi) is 4.89. The summed E-state index contributed by atoms with van der Waals surface area (Å²) in [5, 5.41) is 8.82. The van der Waals surface area contributed by atoms with E-state index in [-0.39, 0.29) is 22.8 Å². The van der Waals surface area contributed by atoms with Crippen LogP contribution in [0.4, 0.5) is 0 Å². The van der Waals surface area contributed by atoms with E-state index in [4.69, 9.17) is 4.74 Å². The number of rotatable bonds is 4. The minimum atomic E-state index is -0.491. The van der Waals surface area contributed by atoms with Crippen molar-refractivity contribution in [2.45, 2.75) is 43.4 Å². The number of esters is 1. The van der Waals surface area contributed by atoms with Gasteiger partial charge in [-0.25, -0.2) is 4.79 Å².